The van der Waals surface area contributed by atoms with E-state index in [2.05, 4.69) is 0 Å². The van der Waals surface area contributed by atoms with E-state index in [0.717, 1.165) is 12.1 Å². The number of hydrogen-bond acceptors (Lipinski definition) is 1. The van der Waals surface area contributed by atoms with Crippen LogP contribution in [0.4, 0.5) is 0 Å². The van der Waals surface area contributed by atoms with Crippen molar-refractivity contribution in [3.63, 3.8) is 0 Å². The number of hydrogen-bond donors (Lipinski definition) is 0. The minimum Gasteiger partial charge on any atom is -0.455 e. The Hall–Kier alpha value is -6.96. The topological polar surface area (TPSA) is 13.1 Å². The van der Waals surface area contributed by atoms with Gasteiger partial charge in [0.15, 0.2) is 0 Å². The maximum absolute atomic E-state index is 9.82. The second-order valence-corrected chi connectivity index (χ2v) is 11.7. The molecule has 1 nitrogen and oxygen atoms in total. The molecule has 0 amide bonds. The minimum atomic E-state index is -1.06. The first-order valence-electron chi connectivity index (χ1n) is 30.8. The number of para-hydroxylation sites is 1. The van der Waals surface area contributed by atoms with E-state index in [-0.39, 0.29) is 5.56 Å². The summed E-state index contributed by atoms with van der Waals surface area (Å²) < 4.78 is 278. The smallest absolute Gasteiger partial charge is 0.143 e. The van der Waals surface area contributed by atoms with Crippen LogP contribution >= 0.6 is 0 Å². The van der Waals surface area contributed by atoms with Crippen LogP contribution in [0.5, 0.6) is 0 Å². The van der Waals surface area contributed by atoms with Gasteiger partial charge in [-0.3, -0.25) is 0 Å². The Bertz CT molecular complexity index is 4960. The quantitative estimate of drug-likeness (QED) is 0.166. The molecule has 10 aromatic carbocycles. The zero-order valence-corrected chi connectivity index (χ0v) is 26.6. The van der Waals surface area contributed by atoms with Crippen molar-refractivity contribution < 1.29 is 45.5 Å². The maximum Gasteiger partial charge on any atom is 0.143 e. The Labute approximate surface area is 349 Å². The van der Waals surface area contributed by atoms with E-state index >= 15 is 0 Å². The number of benzene rings is 10. The third-order valence-corrected chi connectivity index (χ3v) is 8.83. The van der Waals surface area contributed by atoms with Gasteiger partial charge < -0.3 is 4.42 Å². The summed E-state index contributed by atoms with van der Waals surface area (Å²) >= 11 is 0. The summed E-state index contributed by atoms with van der Waals surface area (Å²) in [5, 5.41) is -6.19. The molecule has 0 fully saturated rings. The molecule has 53 heavy (non-hydrogen) atoms. The van der Waals surface area contributed by atoms with E-state index in [0.29, 0.717) is 0 Å². The normalized spacial score (nSPS) is 19.7. The fourth-order valence-electron chi connectivity index (χ4n) is 6.57. The van der Waals surface area contributed by atoms with Crippen LogP contribution in [0, 0.1) is 0 Å². The van der Waals surface area contributed by atoms with E-state index in [9.17, 15) is 17.8 Å². The lowest BCUT2D eigenvalue weighted by Crippen LogP contribution is -1.92. The monoisotopic (exact) mass is 702 g/mol. The van der Waals surface area contributed by atoms with Gasteiger partial charge in [-0.1, -0.05) is 175 Å². The van der Waals surface area contributed by atoms with Crippen LogP contribution in [0.25, 0.3) is 110 Å². The molecular formula is C52H32O. The van der Waals surface area contributed by atoms with Crippen molar-refractivity contribution in [2.75, 3.05) is 0 Å². The fourth-order valence-corrected chi connectivity index (χ4v) is 6.57. The van der Waals surface area contributed by atoms with Crippen molar-refractivity contribution in [1.82, 2.24) is 0 Å². The van der Waals surface area contributed by atoms with Gasteiger partial charge >= 0.3 is 0 Å². The van der Waals surface area contributed by atoms with Gasteiger partial charge in [0.1, 0.15) is 11.2 Å². The van der Waals surface area contributed by atoms with Crippen molar-refractivity contribution in [2.45, 2.75) is 0 Å². The van der Waals surface area contributed by atoms with Gasteiger partial charge in [-0.05, 0) is 100 Å². The van der Waals surface area contributed by atoms with Gasteiger partial charge in [-0.15, -0.1) is 0 Å². The third kappa shape index (κ3) is 4.64. The third-order valence-electron chi connectivity index (χ3n) is 8.83. The molecule has 0 aliphatic rings. The second kappa shape index (κ2) is 11.8. The molecule has 0 spiro atoms. The van der Waals surface area contributed by atoms with E-state index < -0.39 is 285 Å². The van der Waals surface area contributed by atoms with Crippen molar-refractivity contribution in [1.29, 1.82) is 0 Å². The molecule has 0 aliphatic carbocycles. The van der Waals surface area contributed by atoms with E-state index in [1.165, 1.54) is 0 Å². The van der Waals surface area contributed by atoms with Crippen LogP contribution < -0.4 is 0 Å². The Morgan fingerprint density at radius 1 is 0.321 bits per heavy atom. The van der Waals surface area contributed by atoms with E-state index in [1.54, 1.807) is 0 Å². The van der Waals surface area contributed by atoms with E-state index in [1.807, 2.05) is 0 Å². The molecule has 1 aromatic heterocycles. The molecule has 0 N–H and O–H groups in total. The molecule has 1 heteroatoms. The SMILES string of the molecule is [2H]c1cc(-c2c([2H])c([2H])c([2H])c3c2oc2c([2H])c([2H])c(-c4c([2H])c([2H])c5c(-c6c7cc([2H])c([2H])c([2H])c7c(-c7c([2H])c([2H])c([2H])c8c([2H])c([2H])c([2H])c([2H])c78)c7c([2H])c([2H])c([2H])c([2H])c67)c([2H])c([2H])c([2H])c5c4[2H])c([2H])c23)c([2H])c([2H])c1[2H]. The average molecular weight is 703 g/mol. The van der Waals surface area contributed by atoms with Crippen molar-refractivity contribution >= 4 is 65.0 Å². The summed E-state index contributed by atoms with van der Waals surface area (Å²) in [5.41, 5.74) is -6.18. The highest BCUT2D eigenvalue weighted by molar-refractivity contribution is 6.25. The second-order valence-electron chi connectivity index (χ2n) is 11.7. The first-order valence-corrected chi connectivity index (χ1v) is 15.8. The summed E-state index contributed by atoms with van der Waals surface area (Å²) in [6.45, 7) is 0. The molecule has 246 valence electrons. The standard InChI is InChI=1S/C52H32O/c1-2-13-34(14-3-1)40-23-12-26-47-48-32-36(28-30-49(48)53-52(40)47)35-27-29-39-37(31-35)17-11-25-42(39)51-45-21-8-6-19-43(45)50(44-20-7-9-22-46(44)51)41-24-10-16-33-15-4-5-18-38(33)41/h1-32H/i1D,2D,3D,4D,5D,6D,7D,8D,9D,10D,11D,12D,13D,15D,16D,17D,18D,19D,20D,21D,23D,24D,25D,26D,27D,28D,29D,30D,31D,32D. The Morgan fingerprint density at radius 2 is 0.887 bits per heavy atom. The van der Waals surface area contributed by atoms with Crippen molar-refractivity contribution in [3.8, 4) is 44.5 Å². The summed E-state index contributed by atoms with van der Waals surface area (Å²) in [7, 11) is 0. The van der Waals surface area contributed by atoms with Crippen LogP contribution in [0.1, 0.15) is 41.1 Å². The number of furan rings is 1. The van der Waals surface area contributed by atoms with Crippen LogP contribution in [-0.2, 0) is 0 Å². The highest BCUT2D eigenvalue weighted by atomic mass is 16.3. The van der Waals surface area contributed by atoms with Crippen LogP contribution in [0.15, 0.2) is 198 Å². The lowest BCUT2D eigenvalue weighted by molar-refractivity contribution is 0.670. The molecule has 0 saturated heterocycles. The Morgan fingerprint density at radius 3 is 1.74 bits per heavy atom. The zero-order chi connectivity index (χ0) is 61.0. The molecule has 0 saturated carbocycles. The molecule has 0 aliphatic heterocycles. The summed E-state index contributed by atoms with van der Waals surface area (Å²) in [4.78, 5) is 0. The summed E-state index contributed by atoms with van der Waals surface area (Å²) in [6.07, 6.45) is 0. The lowest BCUT2D eigenvalue weighted by Gasteiger charge is -2.19. The zero-order valence-electron chi connectivity index (χ0n) is 56.6. The average Bonchev–Trinajstić information content (AvgIpc) is 2.98. The Balaban J connectivity index is 1.34. The highest BCUT2D eigenvalue weighted by Crippen LogP contribution is 2.47. The van der Waals surface area contributed by atoms with Gasteiger partial charge in [0.25, 0.3) is 0 Å². The lowest BCUT2D eigenvalue weighted by atomic mass is 9.83. The number of rotatable bonds is 4. The van der Waals surface area contributed by atoms with E-state index in [4.69, 9.17) is 27.7 Å². The summed E-state index contributed by atoms with van der Waals surface area (Å²) in [5.74, 6) is 0. The molecule has 0 atom stereocenters. The predicted octanol–water partition coefficient (Wildman–Crippen LogP) is 14.9. The minimum absolute atomic E-state index is 0.365. The first-order chi connectivity index (χ1) is 38.8. The van der Waals surface area contributed by atoms with Crippen molar-refractivity contribution in [3.05, 3.63) is 193 Å². The fraction of sp³-hybridized carbons (Fsp3) is 0. The van der Waals surface area contributed by atoms with Gasteiger partial charge in [-0.2, -0.15) is 0 Å². The highest BCUT2D eigenvalue weighted by Gasteiger charge is 2.19. The molecule has 1 heterocycles. The maximum atomic E-state index is 9.82. The van der Waals surface area contributed by atoms with Crippen molar-refractivity contribution in [2.24, 2.45) is 0 Å². The van der Waals surface area contributed by atoms with Gasteiger partial charge in [0.05, 0.1) is 41.1 Å². The molecule has 11 aromatic rings. The summed E-state index contributed by atoms with van der Waals surface area (Å²) in [6, 6.07) is -24.6. The molecular weight excluding hydrogens is 641 g/mol. The largest absolute Gasteiger partial charge is 0.455 e. The predicted molar refractivity (Wildman–Crippen MR) is 225 cm³/mol. The first kappa shape index (κ1) is 12.6. The molecule has 0 radical (unpaired) electrons. The van der Waals surface area contributed by atoms with Crippen LogP contribution in [0.2, 0.25) is 0 Å². The molecule has 11 rings (SSSR count). The molecule has 0 unspecified atom stereocenters. The van der Waals surface area contributed by atoms with Crippen LogP contribution in [-0.4, -0.2) is 0 Å². The van der Waals surface area contributed by atoms with Crippen LogP contribution in [0.3, 0.4) is 0 Å². The van der Waals surface area contributed by atoms with Gasteiger partial charge in [0.2, 0.25) is 0 Å². The van der Waals surface area contributed by atoms with Gasteiger partial charge in [-0.25, -0.2) is 0 Å². The Kier molecular flexibility index (Phi) is 2.81. The number of fused-ring (bicyclic) bond motifs is 7. The molecule has 0 bridgehead atoms. The van der Waals surface area contributed by atoms with Gasteiger partial charge in [0, 0.05) is 16.3 Å².